The number of allylic oxidation sites excluding steroid dienone is 1. The Labute approximate surface area is 59.9 Å². The van der Waals surface area contributed by atoms with Crippen molar-refractivity contribution in [3.63, 3.8) is 0 Å². The van der Waals surface area contributed by atoms with Crippen molar-refractivity contribution in [2.45, 2.75) is 12.5 Å². The zero-order chi connectivity index (χ0) is 7.40. The van der Waals surface area contributed by atoms with Gasteiger partial charge in [-0.15, -0.1) is 0 Å². The molecule has 10 heavy (non-hydrogen) atoms. The van der Waals surface area contributed by atoms with Crippen LogP contribution in [-0.4, -0.2) is 35.5 Å². The molecule has 0 radical (unpaired) electrons. The average Bonchev–Trinajstić information content (AvgIpc) is 2.31. The van der Waals surface area contributed by atoms with Crippen molar-refractivity contribution < 1.29 is 9.90 Å². The van der Waals surface area contributed by atoms with Gasteiger partial charge in [0.2, 0.25) is 0 Å². The van der Waals surface area contributed by atoms with Crippen LogP contribution in [0.2, 0.25) is 0 Å². The van der Waals surface area contributed by atoms with Gasteiger partial charge in [-0.1, -0.05) is 0 Å². The monoisotopic (exact) mass is 141 g/mol. The normalized spacial score (nSPS) is 26.1. The molecule has 0 aromatic rings. The lowest BCUT2D eigenvalue weighted by Gasteiger charge is -2.09. The number of likely N-dealkylation sites (tertiary alicyclic amines) is 1. The number of hydrogen-bond donors (Lipinski definition) is 1. The van der Waals surface area contributed by atoms with Crippen LogP contribution in [0.4, 0.5) is 0 Å². The Balaban J connectivity index is 2.30. The molecule has 1 rings (SSSR count). The summed E-state index contributed by atoms with van der Waals surface area (Å²) in [7, 11) is 0. The molecule has 0 amide bonds. The molecule has 0 bridgehead atoms. The number of carbonyl (C=O) groups is 1. The SMILES string of the molecule is O=CC=CN1CC[C@@H](O)C1. The molecule has 0 saturated carbocycles. The lowest BCUT2D eigenvalue weighted by molar-refractivity contribution is -0.104. The molecule has 0 unspecified atom stereocenters. The van der Waals surface area contributed by atoms with Gasteiger partial charge in [-0.2, -0.15) is 0 Å². The quantitative estimate of drug-likeness (QED) is 0.426. The van der Waals surface area contributed by atoms with Gasteiger partial charge in [-0.3, -0.25) is 4.79 Å². The summed E-state index contributed by atoms with van der Waals surface area (Å²) in [5.74, 6) is 0. The third-order valence-electron chi connectivity index (χ3n) is 1.57. The maximum atomic E-state index is 9.87. The van der Waals surface area contributed by atoms with Gasteiger partial charge in [0.05, 0.1) is 6.10 Å². The van der Waals surface area contributed by atoms with Crippen LogP contribution in [0.25, 0.3) is 0 Å². The number of nitrogens with zero attached hydrogens (tertiary/aromatic N) is 1. The van der Waals surface area contributed by atoms with Crippen LogP contribution in [0, 0.1) is 0 Å². The van der Waals surface area contributed by atoms with Crippen molar-refractivity contribution in [2.24, 2.45) is 0 Å². The maximum Gasteiger partial charge on any atom is 0.144 e. The Morgan fingerprint density at radius 2 is 2.40 bits per heavy atom. The summed E-state index contributed by atoms with van der Waals surface area (Å²) in [5, 5.41) is 9.04. The summed E-state index contributed by atoms with van der Waals surface area (Å²) >= 11 is 0. The van der Waals surface area contributed by atoms with E-state index in [0.29, 0.717) is 6.54 Å². The average molecular weight is 141 g/mol. The first-order valence-corrected chi connectivity index (χ1v) is 3.37. The largest absolute Gasteiger partial charge is 0.391 e. The maximum absolute atomic E-state index is 9.87. The summed E-state index contributed by atoms with van der Waals surface area (Å²) < 4.78 is 0. The summed E-state index contributed by atoms with van der Waals surface area (Å²) in [6.45, 7) is 1.51. The van der Waals surface area contributed by atoms with Gasteiger partial charge in [-0.25, -0.2) is 0 Å². The van der Waals surface area contributed by atoms with E-state index in [9.17, 15) is 4.79 Å². The molecule has 1 atom stereocenters. The Bertz CT molecular complexity index is 145. The van der Waals surface area contributed by atoms with Gasteiger partial charge in [0.15, 0.2) is 0 Å². The third kappa shape index (κ3) is 1.84. The molecular weight excluding hydrogens is 130 g/mol. The second-order valence-corrected chi connectivity index (χ2v) is 2.42. The first kappa shape index (κ1) is 7.28. The number of aldehydes is 1. The molecule has 1 aliphatic heterocycles. The second-order valence-electron chi connectivity index (χ2n) is 2.42. The van der Waals surface area contributed by atoms with Crippen LogP contribution in [0.1, 0.15) is 6.42 Å². The van der Waals surface area contributed by atoms with Gasteiger partial charge < -0.3 is 10.0 Å². The predicted molar refractivity (Wildman–Crippen MR) is 37.4 cm³/mol. The molecule has 1 fully saturated rings. The summed E-state index contributed by atoms with van der Waals surface area (Å²) in [4.78, 5) is 11.8. The fourth-order valence-electron chi connectivity index (χ4n) is 1.06. The Morgan fingerprint density at radius 3 is 2.90 bits per heavy atom. The summed E-state index contributed by atoms with van der Waals surface area (Å²) in [6.07, 6.45) is 4.49. The van der Waals surface area contributed by atoms with Crippen LogP contribution in [0.5, 0.6) is 0 Å². The van der Waals surface area contributed by atoms with Gasteiger partial charge in [0, 0.05) is 19.3 Å². The zero-order valence-corrected chi connectivity index (χ0v) is 5.73. The van der Waals surface area contributed by atoms with E-state index in [1.54, 1.807) is 6.20 Å². The molecule has 0 aliphatic carbocycles. The van der Waals surface area contributed by atoms with E-state index >= 15 is 0 Å². The fraction of sp³-hybridized carbons (Fsp3) is 0.571. The van der Waals surface area contributed by atoms with E-state index < -0.39 is 0 Å². The molecular formula is C7H11NO2. The molecule has 56 valence electrons. The topological polar surface area (TPSA) is 40.5 Å². The predicted octanol–water partition coefficient (Wildman–Crippen LogP) is -0.234. The van der Waals surface area contributed by atoms with Gasteiger partial charge in [-0.05, 0) is 12.5 Å². The number of rotatable bonds is 2. The number of carbonyl (C=O) groups excluding carboxylic acids is 1. The minimum Gasteiger partial charge on any atom is -0.391 e. The molecule has 0 spiro atoms. The molecule has 3 heteroatoms. The molecule has 3 nitrogen and oxygen atoms in total. The minimum absolute atomic E-state index is 0.212. The number of aliphatic hydroxyl groups is 1. The van der Waals surface area contributed by atoms with Crippen molar-refractivity contribution in [3.8, 4) is 0 Å². The third-order valence-corrected chi connectivity index (χ3v) is 1.57. The van der Waals surface area contributed by atoms with Crippen LogP contribution in [0.15, 0.2) is 12.3 Å². The zero-order valence-electron chi connectivity index (χ0n) is 5.73. The first-order valence-electron chi connectivity index (χ1n) is 3.37. The van der Waals surface area contributed by atoms with Crippen LogP contribution in [0.3, 0.4) is 0 Å². The van der Waals surface area contributed by atoms with Crippen molar-refractivity contribution in [1.82, 2.24) is 4.90 Å². The second kappa shape index (κ2) is 3.37. The molecule has 0 aromatic heterocycles. The van der Waals surface area contributed by atoms with E-state index in [0.717, 1.165) is 19.3 Å². The number of aliphatic hydroxyl groups excluding tert-OH is 1. The smallest absolute Gasteiger partial charge is 0.144 e. The van der Waals surface area contributed by atoms with Gasteiger partial charge >= 0.3 is 0 Å². The summed E-state index contributed by atoms with van der Waals surface area (Å²) in [5.41, 5.74) is 0. The van der Waals surface area contributed by atoms with Gasteiger partial charge in [0.1, 0.15) is 6.29 Å². The fourth-order valence-corrected chi connectivity index (χ4v) is 1.06. The van der Waals surface area contributed by atoms with E-state index in [4.69, 9.17) is 5.11 Å². The van der Waals surface area contributed by atoms with E-state index in [1.165, 1.54) is 6.08 Å². The molecule has 1 saturated heterocycles. The number of β-amino-alcohol motifs (C(OH)–C–C–N with tert-alkyl or cyclic N) is 1. The molecule has 1 aliphatic rings. The van der Waals surface area contributed by atoms with E-state index in [1.807, 2.05) is 4.90 Å². The Kier molecular flexibility index (Phi) is 2.45. The lowest BCUT2D eigenvalue weighted by Crippen LogP contribution is -2.15. The highest BCUT2D eigenvalue weighted by Crippen LogP contribution is 2.07. The first-order chi connectivity index (χ1) is 4.83. The summed E-state index contributed by atoms with van der Waals surface area (Å²) in [6, 6.07) is 0. The highest BCUT2D eigenvalue weighted by molar-refractivity contribution is 5.64. The Morgan fingerprint density at radius 1 is 1.60 bits per heavy atom. The highest BCUT2D eigenvalue weighted by Gasteiger charge is 2.16. The lowest BCUT2D eigenvalue weighted by atomic mass is 10.3. The standard InChI is InChI=1S/C7H11NO2/c9-5-1-3-8-4-2-7(10)6-8/h1,3,5,7,10H,2,4,6H2/t7-/m1/s1. The van der Waals surface area contributed by atoms with Crippen LogP contribution >= 0.6 is 0 Å². The van der Waals surface area contributed by atoms with Crippen LogP contribution < -0.4 is 0 Å². The molecule has 1 N–H and O–H groups in total. The number of hydrogen-bond acceptors (Lipinski definition) is 3. The molecule has 0 aromatic carbocycles. The Hall–Kier alpha value is -0.830. The van der Waals surface area contributed by atoms with Crippen molar-refractivity contribution in [2.75, 3.05) is 13.1 Å². The minimum atomic E-state index is -0.212. The van der Waals surface area contributed by atoms with Crippen molar-refractivity contribution >= 4 is 6.29 Å². The van der Waals surface area contributed by atoms with Crippen molar-refractivity contribution in [1.29, 1.82) is 0 Å². The molecule has 1 heterocycles. The highest BCUT2D eigenvalue weighted by atomic mass is 16.3. The van der Waals surface area contributed by atoms with Crippen LogP contribution in [-0.2, 0) is 4.79 Å². The van der Waals surface area contributed by atoms with Crippen molar-refractivity contribution in [3.05, 3.63) is 12.3 Å². The van der Waals surface area contributed by atoms with E-state index in [-0.39, 0.29) is 6.10 Å². The van der Waals surface area contributed by atoms with Gasteiger partial charge in [0.25, 0.3) is 0 Å². The van der Waals surface area contributed by atoms with E-state index in [2.05, 4.69) is 0 Å².